The summed E-state index contributed by atoms with van der Waals surface area (Å²) in [7, 11) is -2.36. The number of ether oxygens (including phenoxy) is 1. The van der Waals surface area contributed by atoms with Gasteiger partial charge >= 0.3 is 0 Å². The predicted molar refractivity (Wildman–Crippen MR) is 84.9 cm³/mol. The summed E-state index contributed by atoms with van der Waals surface area (Å²) in [6.07, 6.45) is 0. The molecule has 0 aliphatic heterocycles. The van der Waals surface area contributed by atoms with Gasteiger partial charge in [-0.05, 0) is 42.5 Å². The molecule has 0 heterocycles. The number of carbonyl (C=O) groups excluding carboxylic acids is 1. The van der Waals surface area contributed by atoms with Crippen molar-refractivity contribution in [1.82, 2.24) is 10.3 Å². The fourth-order valence-electron chi connectivity index (χ4n) is 1.63. The van der Waals surface area contributed by atoms with E-state index in [4.69, 9.17) is 4.74 Å². The standard InChI is InChI=1S/C14H13BrN2O4S/c1-21-12-5-7-13(8-6-12)22(19,20)17-16-14(18)10-3-2-4-11(15)9-10/h2-9,17H,1H3,(H,16,18). The molecule has 0 saturated carbocycles. The highest BCUT2D eigenvalue weighted by Crippen LogP contribution is 2.15. The summed E-state index contributed by atoms with van der Waals surface area (Å²) >= 11 is 3.24. The number of sulfonamides is 1. The van der Waals surface area contributed by atoms with Gasteiger partial charge in [-0.3, -0.25) is 10.2 Å². The first-order chi connectivity index (χ1) is 10.4. The lowest BCUT2D eigenvalue weighted by molar-refractivity contribution is 0.0945. The second-order valence-electron chi connectivity index (χ2n) is 4.25. The highest BCUT2D eigenvalue weighted by atomic mass is 79.9. The van der Waals surface area contributed by atoms with Crippen molar-refractivity contribution in [1.29, 1.82) is 0 Å². The SMILES string of the molecule is COc1ccc(S(=O)(=O)NNC(=O)c2cccc(Br)c2)cc1. The van der Waals surface area contributed by atoms with Crippen molar-refractivity contribution >= 4 is 31.9 Å². The second kappa shape index (κ2) is 6.91. The van der Waals surface area contributed by atoms with E-state index >= 15 is 0 Å². The van der Waals surface area contributed by atoms with Gasteiger partial charge < -0.3 is 4.74 Å². The van der Waals surface area contributed by atoms with Crippen LogP contribution in [0.15, 0.2) is 57.9 Å². The summed E-state index contributed by atoms with van der Waals surface area (Å²) in [6.45, 7) is 0. The molecule has 8 heteroatoms. The van der Waals surface area contributed by atoms with Crippen molar-refractivity contribution in [2.75, 3.05) is 7.11 Å². The molecule has 22 heavy (non-hydrogen) atoms. The highest BCUT2D eigenvalue weighted by Gasteiger charge is 2.15. The van der Waals surface area contributed by atoms with Crippen LogP contribution in [-0.4, -0.2) is 21.4 Å². The van der Waals surface area contributed by atoms with Crippen molar-refractivity contribution < 1.29 is 17.9 Å². The molecule has 0 aliphatic rings. The molecule has 0 bridgehead atoms. The first-order valence-electron chi connectivity index (χ1n) is 6.14. The van der Waals surface area contributed by atoms with Gasteiger partial charge in [0.25, 0.3) is 15.9 Å². The monoisotopic (exact) mass is 384 g/mol. The zero-order valence-electron chi connectivity index (χ0n) is 11.5. The number of hydrogen-bond acceptors (Lipinski definition) is 4. The number of hydrazine groups is 1. The summed E-state index contributed by atoms with van der Waals surface area (Å²) in [6, 6.07) is 12.4. The molecule has 0 saturated heterocycles. The molecule has 0 fully saturated rings. The first-order valence-corrected chi connectivity index (χ1v) is 8.42. The molecule has 0 aromatic heterocycles. The van der Waals surface area contributed by atoms with Crippen LogP contribution >= 0.6 is 15.9 Å². The number of rotatable bonds is 5. The van der Waals surface area contributed by atoms with E-state index in [-0.39, 0.29) is 4.90 Å². The quantitative estimate of drug-likeness (QED) is 0.772. The molecule has 2 rings (SSSR count). The Morgan fingerprint density at radius 1 is 1.14 bits per heavy atom. The molecule has 0 unspecified atom stereocenters. The Hall–Kier alpha value is -1.90. The molecule has 1 amide bonds. The number of halogens is 1. The zero-order valence-corrected chi connectivity index (χ0v) is 13.9. The van der Waals surface area contributed by atoms with Gasteiger partial charge in [-0.25, -0.2) is 8.42 Å². The summed E-state index contributed by atoms with van der Waals surface area (Å²) in [5.41, 5.74) is 2.49. The van der Waals surface area contributed by atoms with Crippen LogP contribution in [0.4, 0.5) is 0 Å². The average molecular weight is 385 g/mol. The van der Waals surface area contributed by atoms with E-state index in [9.17, 15) is 13.2 Å². The Morgan fingerprint density at radius 3 is 2.41 bits per heavy atom. The summed E-state index contributed by atoms with van der Waals surface area (Å²) in [4.78, 5) is 14.0. The fraction of sp³-hybridized carbons (Fsp3) is 0.0714. The molecule has 0 atom stereocenters. The van der Waals surface area contributed by atoms with Crippen LogP contribution in [0.5, 0.6) is 5.75 Å². The summed E-state index contributed by atoms with van der Waals surface area (Å²) in [5, 5.41) is 0. The lowest BCUT2D eigenvalue weighted by Gasteiger charge is -2.09. The summed E-state index contributed by atoms with van der Waals surface area (Å²) < 4.78 is 29.8. The topological polar surface area (TPSA) is 84.5 Å². The number of nitrogens with one attached hydrogen (secondary N) is 2. The third kappa shape index (κ3) is 4.06. The number of hydrogen-bond donors (Lipinski definition) is 2. The minimum Gasteiger partial charge on any atom is -0.497 e. The van der Waals surface area contributed by atoms with Crippen LogP contribution in [0.25, 0.3) is 0 Å². The van der Waals surface area contributed by atoms with Crippen molar-refractivity contribution in [2.45, 2.75) is 4.90 Å². The Morgan fingerprint density at radius 2 is 1.82 bits per heavy atom. The number of carbonyl (C=O) groups is 1. The highest BCUT2D eigenvalue weighted by molar-refractivity contribution is 9.10. The molecular formula is C14H13BrN2O4S. The fourth-order valence-corrected chi connectivity index (χ4v) is 2.87. The maximum absolute atomic E-state index is 12.1. The van der Waals surface area contributed by atoms with Gasteiger partial charge in [0.05, 0.1) is 12.0 Å². The third-order valence-corrected chi connectivity index (χ3v) is 4.51. The van der Waals surface area contributed by atoms with Crippen LogP contribution in [0.1, 0.15) is 10.4 Å². The van der Waals surface area contributed by atoms with Crippen LogP contribution in [-0.2, 0) is 10.0 Å². The van der Waals surface area contributed by atoms with E-state index in [0.717, 1.165) is 4.47 Å². The van der Waals surface area contributed by atoms with Crippen LogP contribution in [0.2, 0.25) is 0 Å². The van der Waals surface area contributed by atoms with Gasteiger partial charge in [-0.1, -0.05) is 22.0 Å². The Balaban J connectivity index is 2.07. The maximum Gasteiger partial charge on any atom is 0.266 e. The van der Waals surface area contributed by atoms with Gasteiger partial charge in [0.1, 0.15) is 5.75 Å². The van der Waals surface area contributed by atoms with Crippen molar-refractivity contribution in [2.24, 2.45) is 0 Å². The molecule has 116 valence electrons. The normalized spacial score (nSPS) is 11.0. The third-order valence-electron chi connectivity index (χ3n) is 2.76. The van der Waals surface area contributed by atoms with Crippen LogP contribution in [0.3, 0.4) is 0 Å². The molecule has 2 aromatic rings. The molecule has 0 radical (unpaired) electrons. The molecule has 6 nitrogen and oxygen atoms in total. The Labute approximate surface area is 136 Å². The largest absolute Gasteiger partial charge is 0.497 e. The van der Waals surface area contributed by atoms with E-state index in [0.29, 0.717) is 11.3 Å². The van der Waals surface area contributed by atoms with E-state index in [1.54, 1.807) is 24.3 Å². The van der Waals surface area contributed by atoms with Gasteiger partial charge in [-0.15, -0.1) is 4.83 Å². The van der Waals surface area contributed by atoms with Crippen LogP contribution in [0, 0.1) is 0 Å². The number of amides is 1. The van der Waals surface area contributed by atoms with Crippen molar-refractivity contribution in [3.8, 4) is 5.75 Å². The molecule has 0 spiro atoms. The van der Waals surface area contributed by atoms with Gasteiger partial charge in [0, 0.05) is 10.0 Å². The zero-order chi connectivity index (χ0) is 16.2. The number of benzene rings is 2. The predicted octanol–water partition coefficient (Wildman–Crippen LogP) is 2.08. The van der Waals surface area contributed by atoms with Gasteiger partial charge in [0.2, 0.25) is 0 Å². The Bertz CT molecular complexity index is 776. The molecular weight excluding hydrogens is 372 g/mol. The van der Waals surface area contributed by atoms with E-state index in [1.165, 1.54) is 31.4 Å². The minimum absolute atomic E-state index is 0.0165. The van der Waals surface area contributed by atoms with E-state index in [1.807, 2.05) is 4.83 Å². The average Bonchev–Trinajstić information content (AvgIpc) is 2.52. The maximum atomic E-state index is 12.1. The molecule has 0 aliphatic carbocycles. The van der Waals surface area contributed by atoms with Gasteiger partial charge in [-0.2, -0.15) is 0 Å². The van der Waals surface area contributed by atoms with E-state index < -0.39 is 15.9 Å². The first kappa shape index (κ1) is 16.5. The van der Waals surface area contributed by atoms with E-state index in [2.05, 4.69) is 21.4 Å². The lowest BCUT2D eigenvalue weighted by atomic mass is 10.2. The van der Waals surface area contributed by atoms with Gasteiger partial charge in [0.15, 0.2) is 0 Å². The smallest absolute Gasteiger partial charge is 0.266 e. The van der Waals surface area contributed by atoms with Crippen molar-refractivity contribution in [3.63, 3.8) is 0 Å². The Kier molecular flexibility index (Phi) is 5.17. The number of methoxy groups -OCH3 is 1. The summed E-state index contributed by atoms with van der Waals surface area (Å²) in [5.74, 6) is -0.0180. The molecule has 2 aromatic carbocycles. The molecule has 2 N–H and O–H groups in total. The van der Waals surface area contributed by atoms with Crippen molar-refractivity contribution in [3.05, 3.63) is 58.6 Å². The minimum atomic E-state index is -3.85. The van der Waals surface area contributed by atoms with Crippen LogP contribution < -0.4 is 15.0 Å². The lowest BCUT2D eigenvalue weighted by Crippen LogP contribution is -2.41. The second-order valence-corrected chi connectivity index (χ2v) is 6.84.